The minimum atomic E-state index is -0.983. The number of aryl methyl sites for hydroxylation is 1. The fraction of sp³-hybridized carbons (Fsp3) is 0.345. The molecule has 0 bridgehead atoms. The van der Waals surface area contributed by atoms with E-state index in [-0.39, 0.29) is 11.3 Å². The van der Waals surface area contributed by atoms with Crippen molar-refractivity contribution in [1.82, 2.24) is 0 Å². The first-order valence-corrected chi connectivity index (χ1v) is 12.8. The monoisotopic (exact) mass is 518 g/mol. The van der Waals surface area contributed by atoms with E-state index >= 15 is 0 Å². The number of likely N-dealkylation sites (N-methyl/N-ethyl adjacent to an activating group) is 1. The maximum Gasteiger partial charge on any atom is 0.329 e. The number of nitrogens with one attached hydrogen (secondary N) is 1. The van der Waals surface area contributed by atoms with Gasteiger partial charge in [-0.25, -0.2) is 4.79 Å². The van der Waals surface area contributed by atoms with Crippen molar-refractivity contribution in [3.63, 3.8) is 0 Å². The molecule has 5 heteroatoms. The number of nitrogens with zero attached hydrogens (tertiary/aromatic N) is 1. The number of anilines is 2. The predicted molar refractivity (Wildman–Crippen MR) is 142 cm³/mol. The average molecular weight is 519 g/mol. The number of aliphatic carboxylic acids is 1. The van der Waals surface area contributed by atoms with Crippen molar-refractivity contribution < 1.29 is 9.90 Å². The SMILES string of the molecule is CN1CC2(CCC(Nc3cccc(Br)c3)(C(=O)O)CC2CCc2ccccc2)c2ccccc21. The Morgan fingerprint density at radius 3 is 2.59 bits per heavy atom. The van der Waals surface area contributed by atoms with Crippen molar-refractivity contribution in [1.29, 1.82) is 0 Å². The Labute approximate surface area is 210 Å². The Hall–Kier alpha value is -2.79. The van der Waals surface area contributed by atoms with E-state index in [4.69, 9.17) is 0 Å². The van der Waals surface area contributed by atoms with Gasteiger partial charge in [0, 0.05) is 34.9 Å². The van der Waals surface area contributed by atoms with E-state index in [1.807, 2.05) is 30.3 Å². The summed E-state index contributed by atoms with van der Waals surface area (Å²) in [6, 6.07) is 27.1. The van der Waals surface area contributed by atoms with Gasteiger partial charge in [-0.1, -0.05) is 70.5 Å². The van der Waals surface area contributed by atoms with Crippen LogP contribution in [-0.4, -0.2) is 30.2 Å². The second-order valence-electron chi connectivity index (χ2n) is 9.98. The van der Waals surface area contributed by atoms with E-state index in [2.05, 4.69) is 81.7 Å². The quantitative estimate of drug-likeness (QED) is 0.390. The highest BCUT2D eigenvalue weighted by molar-refractivity contribution is 9.10. The molecule has 3 atom stereocenters. The first kappa shape index (κ1) is 23.0. The van der Waals surface area contributed by atoms with Crippen LogP contribution in [0.15, 0.2) is 83.3 Å². The van der Waals surface area contributed by atoms with Gasteiger partial charge in [-0.05, 0) is 73.4 Å². The normalized spacial score (nSPS) is 25.8. The summed E-state index contributed by atoms with van der Waals surface area (Å²) < 4.78 is 0.942. The van der Waals surface area contributed by atoms with Crippen LogP contribution >= 0.6 is 15.9 Å². The molecule has 0 aromatic heterocycles. The zero-order chi connectivity index (χ0) is 23.8. The summed E-state index contributed by atoms with van der Waals surface area (Å²) in [5.41, 5.74) is 3.82. The third-order valence-corrected chi connectivity index (χ3v) is 8.48. The van der Waals surface area contributed by atoms with Gasteiger partial charge in [-0.2, -0.15) is 0 Å². The summed E-state index contributed by atoms with van der Waals surface area (Å²) in [6.45, 7) is 0.943. The zero-order valence-electron chi connectivity index (χ0n) is 19.5. The number of benzene rings is 3. The van der Waals surface area contributed by atoms with E-state index in [1.165, 1.54) is 16.8 Å². The highest BCUT2D eigenvalue weighted by Gasteiger charge is 2.56. The van der Waals surface area contributed by atoms with E-state index in [9.17, 15) is 9.90 Å². The lowest BCUT2D eigenvalue weighted by atomic mass is 9.57. The molecule has 1 saturated carbocycles. The molecule has 4 nitrogen and oxygen atoms in total. The number of para-hydroxylation sites is 1. The summed E-state index contributed by atoms with van der Waals surface area (Å²) in [6.07, 6.45) is 3.96. The maximum atomic E-state index is 12.8. The van der Waals surface area contributed by atoms with Crippen LogP contribution in [0.4, 0.5) is 11.4 Å². The van der Waals surface area contributed by atoms with Crippen LogP contribution in [0.25, 0.3) is 0 Å². The molecular formula is C29H31BrN2O2. The van der Waals surface area contributed by atoms with Crippen molar-refractivity contribution in [2.75, 3.05) is 23.8 Å². The van der Waals surface area contributed by atoms with Crippen molar-refractivity contribution in [2.24, 2.45) is 5.92 Å². The van der Waals surface area contributed by atoms with Gasteiger partial charge >= 0.3 is 5.97 Å². The number of carbonyl (C=O) groups is 1. The minimum absolute atomic E-state index is 0.0297. The van der Waals surface area contributed by atoms with Gasteiger partial charge in [0.25, 0.3) is 0 Å². The lowest BCUT2D eigenvalue weighted by Gasteiger charge is -2.49. The Kier molecular flexibility index (Phi) is 6.15. The largest absolute Gasteiger partial charge is 0.480 e. The second-order valence-corrected chi connectivity index (χ2v) is 10.9. The average Bonchev–Trinajstić information content (AvgIpc) is 3.12. The van der Waals surface area contributed by atoms with Crippen molar-refractivity contribution >= 4 is 33.3 Å². The molecule has 2 N–H and O–H groups in total. The van der Waals surface area contributed by atoms with Crippen LogP contribution in [0.1, 0.15) is 36.8 Å². The van der Waals surface area contributed by atoms with Crippen LogP contribution in [0, 0.1) is 5.92 Å². The molecule has 34 heavy (non-hydrogen) atoms. The third-order valence-electron chi connectivity index (χ3n) is 7.99. The standard InChI is InChI=1S/C29H31BrN2O2/c1-32-20-28(25-12-5-6-13-26(25)32)16-17-29(27(33)34,31-24-11-7-10-23(30)18-24)19-22(28)15-14-21-8-3-2-4-9-21/h2-13,18,22,31H,14-17,19-20H2,1H3,(H,33,34). The van der Waals surface area contributed by atoms with Gasteiger partial charge in [0.2, 0.25) is 0 Å². The number of rotatable bonds is 6. The Morgan fingerprint density at radius 2 is 1.82 bits per heavy atom. The van der Waals surface area contributed by atoms with Crippen LogP contribution in [0.5, 0.6) is 0 Å². The summed E-state index contributed by atoms with van der Waals surface area (Å²) in [7, 11) is 2.17. The van der Waals surface area contributed by atoms with E-state index < -0.39 is 11.5 Å². The highest BCUT2D eigenvalue weighted by Crippen LogP contribution is 2.55. The van der Waals surface area contributed by atoms with E-state index in [0.29, 0.717) is 12.8 Å². The molecule has 0 radical (unpaired) electrons. The topological polar surface area (TPSA) is 52.6 Å². The summed E-state index contributed by atoms with van der Waals surface area (Å²) >= 11 is 3.52. The lowest BCUT2D eigenvalue weighted by molar-refractivity contribution is -0.145. The molecule has 1 aliphatic heterocycles. The fourth-order valence-electron chi connectivity index (χ4n) is 6.31. The Balaban J connectivity index is 1.51. The molecule has 1 fully saturated rings. The molecule has 1 heterocycles. The van der Waals surface area contributed by atoms with Crippen LogP contribution in [-0.2, 0) is 16.6 Å². The molecule has 0 amide bonds. The van der Waals surface area contributed by atoms with E-state index in [1.54, 1.807) is 0 Å². The summed E-state index contributed by atoms with van der Waals surface area (Å²) in [5.74, 6) is -0.519. The molecule has 1 aliphatic carbocycles. The molecule has 1 spiro atoms. The van der Waals surface area contributed by atoms with E-state index in [0.717, 1.165) is 36.0 Å². The first-order chi connectivity index (χ1) is 16.4. The van der Waals surface area contributed by atoms with Crippen molar-refractivity contribution in [3.05, 3.63) is 94.5 Å². The molecule has 3 aromatic rings. The number of carboxylic acid groups (broad SMARTS) is 1. The van der Waals surface area contributed by atoms with Gasteiger partial charge in [0.1, 0.15) is 5.54 Å². The van der Waals surface area contributed by atoms with Gasteiger partial charge in [0.05, 0.1) is 0 Å². The number of carboxylic acids is 1. The summed E-state index contributed by atoms with van der Waals surface area (Å²) in [5, 5.41) is 14.0. The zero-order valence-corrected chi connectivity index (χ0v) is 21.1. The van der Waals surface area contributed by atoms with Gasteiger partial charge < -0.3 is 15.3 Å². The highest BCUT2D eigenvalue weighted by atomic mass is 79.9. The molecule has 176 valence electrons. The molecular weight excluding hydrogens is 488 g/mol. The number of halogens is 1. The lowest BCUT2D eigenvalue weighted by Crippen LogP contribution is -2.57. The van der Waals surface area contributed by atoms with Gasteiger partial charge in [-0.3, -0.25) is 0 Å². The molecule has 3 unspecified atom stereocenters. The van der Waals surface area contributed by atoms with Crippen molar-refractivity contribution in [2.45, 2.75) is 43.1 Å². The van der Waals surface area contributed by atoms with Crippen LogP contribution < -0.4 is 10.2 Å². The number of fused-ring (bicyclic) bond motifs is 2. The van der Waals surface area contributed by atoms with Crippen molar-refractivity contribution in [3.8, 4) is 0 Å². The molecule has 3 aromatic carbocycles. The van der Waals surface area contributed by atoms with Gasteiger partial charge in [-0.15, -0.1) is 0 Å². The predicted octanol–water partition coefficient (Wildman–Crippen LogP) is 6.51. The van der Waals surface area contributed by atoms with Crippen LogP contribution in [0.3, 0.4) is 0 Å². The first-order valence-electron chi connectivity index (χ1n) is 12.0. The van der Waals surface area contributed by atoms with Gasteiger partial charge in [0.15, 0.2) is 0 Å². The smallest absolute Gasteiger partial charge is 0.329 e. The fourth-order valence-corrected chi connectivity index (χ4v) is 6.71. The van der Waals surface area contributed by atoms with Crippen LogP contribution in [0.2, 0.25) is 0 Å². The second kappa shape index (κ2) is 9.10. The number of hydrogen-bond donors (Lipinski definition) is 2. The molecule has 5 rings (SSSR count). The Morgan fingerprint density at radius 1 is 1.06 bits per heavy atom. The molecule has 2 aliphatic rings. The third kappa shape index (κ3) is 4.11. The summed E-state index contributed by atoms with van der Waals surface area (Å²) in [4.78, 5) is 15.2. The number of hydrogen-bond acceptors (Lipinski definition) is 3. The maximum absolute atomic E-state index is 12.8. The Bertz CT molecular complexity index is 1180. The molecule has 0 saturated heterocycles. The minimum Gasteiger partial charge on any atom is -0.480 e.